The predicted molar refractivity (Wildman–Crippen MR) is 100 cm³/mol. The fraction of sp³-hybridized carbons (Fsp3) is 0.421. The summed E-state index contributed by atoms with van der Waals surface area (Å²) in [6, 6.07) is 10.1. The number of fused-ring (bicyclic) bond motifs is 1. The highest BCUT2D eigenvalue weighted by Gasteiger charge is 2.12. The van der Waals surface area contributed by atoms with E-state index in [2.05, 4.69) is 25.3 Å². The molecule has 0 bridgehead atoms. The first kappa shape index (κ1) is 16.0. The molecule has 0 radical (unpaired) electrons. The second-order valence-corrected chi connectivity index (χ2v) is 6.53. The van der Waals surface area contributed by atoms with Crippen LogP contribution in [-0.4, -0.2) is 50.8 Å². The number of aromatic nitrogens is 4. The van der Waals surface area contributed by atoms with Gasteiger partial charge in [-0.2, -0.15) is 5.10 Å². The molecule has 1 aromatic carbocycles. The van der Waals surface area contributed by atoms with Gasteiger partial charge in [-0.05, 0) is 38.1 Å². The van der Waals surface area contributed by atoms with Crippen molar-refractivity contribution in [2.75, 3.05) is 31.5 Å². The molecule has 3 heterocycles. The first-order valence-electron chi connectivity index (χ1n) is 9.12. The average molecular weight is 336 g/mol. The zero-order valence-electron chi connectivity index (χ0n) is 14.4. The Morgan fingerprint density at radius 1 is 0.960 bits per heavy atom. The zero-order chi connectivity index (χ0) is 16.9. The maximum atomic E-state index is 4.50. The van der Waals surface area contributed by atoms with Crippen molar-refractivity contribution in [2.24, 2.45) is 0 Å². The standard InChI is InChI=1S/C19H24N6/c1-2-7-12-24(11-6-1)13-10-20-18-17-14-23-25(19(17)22-15-21-18)16-8-4-3-5-9-16/h3-5,8-9,14-15H,1-2,6-7,10-13H2,(H,20,21,22). The van der Waals surface area contributed by atoms with E-state index in [-0.39, 0.29) is 0 Å². The number of hydrogen-bond donors (Lipinski definition) is 1. The molecule has 6 nitrogen and oxygen atoms in total. The van der Waals surface area contributed by atoms with Gasteiger partial charge in [-0.25, -0.2) is 14.6 Å². The maximum absolute atomic E-state index is 4.50. The van der Waals surface area contributed by atoms with Crippen molar-refractivity contribution >= 4 is 16.9 Å². The summed E-state index contributed by atoms with van der Waals surface area (Å²) >= 11 is 0. The highest BCUT2D eigenvalue weighted by atomic mass is 15.3. The quantitative estimate of drug-likeness (QED) is 0.776. The first-order chi connectivity index (χ1) is 12.4. The van der Waals surface area contributed by atoms with Crippen LogP contribution in [0.3, 0.4) is 0 Å². The molecule has 3 aromatic rings. The van der Waals surface area contributed by atoms with Crippen LogP contribution in [0.5, 0.6) is 0 Å². The molecule has 6 heteroatoms. The fourth-order valence-corrected chi connectivity index (χ4v) is 3.44. The summed E-state index contributed by atoms with van der Waals surface area (Å²) < 4.78 is 1.86. The lowest BCUT2D eigenvalue weighted by atomic mass is 10.2. The van der Waals surface area contributed by atoms with Gasteiger partial charge in [-0.3, -0.25) is 0 Å². The predicted octanol–water partition coefficient (Wildman–Crippen LogP) is 3.10. The van der Waals surface area contributed by atoms with Crippen LogP contribution in [0.15, 0.2) is 42.9 Å². The summed E-state index contributed by atoms with van der Waals surface area (Å²) in [6.07, 6.45) is 8.84. The molecule has 1 aliphatic rings. The molecular weight excluding hydrogens is 312 g/mol. The molecule has 0 aliphatic carbocycles. The summed E-state index contributed by atoms with van der Waals surface area (Å²) in [5, 5.41) is 8.93. The third kappa shape index (κ3) is 3.64. The van der Waals surface area contributed by atoms with Crippen LogP contribution >= 0.6 is 0 Å². The van der Waals surface area contributed by atoms with Gasteiger partial charge in [0.15, 0.2) is 5.65 Å². The summed E-state index contributed by atoms with van der Waals surface area (Å²) in [4.78, 5) is 11.4. The Hall–Kier alpha value is -2.47. The Labute approximate surface area is 147 Å². The van der Waals surface area contributed by atoms with E-state index in [1.807, 2.05) is 41.2 Å². The molecule has 1 N–H and O–H groups in total. The minimum absolute atomic E-state index is 0.832. The number of likely N-dealkylation sites (tertiary alicyclic amines) is 1. The van der Waals surface area contributed by atoms with Gasteiger partial charge in [0.1, 0.15) is 12.1 Å². The second-order valence-electron chi connectivity index (χ2n) is 6.53. The zero-order valence-corrected chi connectivity index (χ0v) is 14.4. The minimum Gasteiger partial charge on any atom is -0.368 e. The van der Waals surface area contributed by atoms with Crippen LogP contribution in [0.2, 0.25) is 0 Å². The highest BCUT2D eigenvalue weighted by molar-refractivity contribution is 5.87. The van der Waals surface area contributed by atoms with Crippen molar-refractivity contribution in [3.05, 3.63) is 42.9 Å². The van der Waals surface area contributed by atoms with Gasteiger partial charge in [0.2, 0.25) is 0 Å². The molecule has 0 amide bonds. The Balaban J connectivity index is 1.48. The van der Waals surface area contributed by atoms with E-state index in [1.165, 1.54) is 38.8 Å². The maximum Gasteiger partial charge on any atom is 0.168 e. The van der Waals surface area contributed by atoms with Crippen LogP contribution in [-0.2, 0) is 0 Å². The number of rotatable bonds is 5. The Bertz CT molecular complexity index is 805. The lowest BCUT2D eigenvalue weighted by Gasteiger charge is -2.19. The summed E-state index contributed by atoms with van der Waals surface area (Å²) in [5.74, 6) is 0.863. The normalized spacial score (nSPS) is 16.0. The largest absolute Gasteiger partial charge is 0.368 e. The number of nitrogens with one attached hydrogen (secondary N) is 1. The molecular formula is C19H24N6. The SMILES string of the molecule is c1ccc(-n2ncc3c(NCCN4CCCCCC4)ncnc32)cc1. The minimum atomic E-state index is 0.832. The highest BCUT2D eigenvalue weighted by Crippen LogP contribution is 2.21. The van der Waals surface area contributed by atoms with E-state index in [9.17, 15) is 0 Å². The van der Waals surface area contributed by atoms with E-state index >= 15 is 0 Å². The van der Waals surface area contributed by atoms with Crippen LogP contribution in [0.25, 0.3) is 16.7 Å². The van der Waals surface area contributed by atoms with Crippen LogP contribution in [0, 0.1) is 0 Å². The first-order valence-corrected chi connectivity index (χ1v) is 9.12. The average Bonchev–Trinajstić information content (AvgIpc) is 2.93. The van der Waals surface area contributed by atoms with E-state index in [1.54, 1.807) is 6.33 Å². The van der Waals surface area contributed by atoms with Gasteiger partial charge in [0, 0.05) is 13.1 Å². The second kappa shape index (κ2) is 7.61. The van der Waals surface area contributed by atoms with Crippen LogP contribution in [0.4, 0.5) is 5.82 Å². The monoisotopic (exact) mass is 336 g/mol. The number of benzene rings is 1. The molecule has 0 unspecified atom stereocenters. The van der Waals surface area contributed by atoms with Crippen molar-refractivity contribution in [1.82, 2.24) is 24.6 Å². The van der Waals surface area contributed by atoms with E-state index < -0.39 is 0 Å². The topological polar surface area (TPSA) is 58.9 Å². The van der Waals surface area contributed by atoms with E-state index in [0.717, 1.165) is 35.6 Å². The molecule has 25 heavy (non-hydrogen) atoms. The molecule has 0 saturated carbocycles. The summed E-state index contributed by atoms with van der Waals surface area (Å²) in [7, 11) is 0. The Kier molecular flexibility index (Phi) is 4.88. The lowest BCUT2D eigenvalue weighted by Crippen LogP contribution is -2.30. The smallest absolute Gasteiger partial charge is 0.168 e. The molecule has 2 aromatic heterocycles. The number of hydrogen-bond acceptors (Lipinski definition) is 5. The summed E-state index contributed by atoms with van der Waals surface area (Å²) in [5.41, 5.74) is 1.84. The van der Waals surface area contributed by atoms with Crippen LogP contribution < -0.4 is 5.32 Å². The van der Waals surface area contributed by atoms with Crippen molar-refractivity contribution in [3.63, 3.8) is 0 Å². The molecule has 0 atom stereocenters. The number of nitrogens with zero attached hydrogens (tertiary/aromatic N) is 5. The molecule has 1 saturated heterocycles. The number of anilines is 1. The van der Waals surface area contributed by atoms with E-state index in [0.29, 0.717) is 0 Å². The molecule has 1 fully saturated rings. The molecule has 130 valence electrons. The van der Waals surface area contributed by atoms with Gasteiger partial charge in [-0.15, -0.1) is 0 Å². The van der Waals surface area contributed by atoms with Crippen LogP contribution in [0.1, 0.15) is 25.7 Å². The van der Waals surface area contributed by atoms with Gasteiger partial charge >= 0.3 is 0 Å². The lowest BCUT2D eigenvalue weighted by molar-refractivity contribution is 0.296. The molecule has 4 rings (SSSR count). The number of para-hydroxylation sites is 1. The third-order valence-corrected chi connectivity index (χ3v) is 4.79. The Morgan fingerprint density at radius 2 is 1.76 bits per heavy atom. The van der Waals surface area contributed by atoms with Gasteiger partial charge in [-0.1, -0.05) is 31.0 Å². The van der Waals surface area contributed by atoms with Gasteiger partial charge < -0.3 is 10.2 Å². The van der Waals surface area contributed by atoms with Crippen molar-refractivity contribution < 1.29 is 0 Å². The van der Waals surface area contributed by atoms with Gasteiger partial charge in [0.05, 0.1) is 17.3 Å². The van der Waals surface area contributed by atoms with Crippen molar-refractivity contribution in [3.8, 4) is 5.69 Å². The fourth-order valence-electron chi connectivity index (χ4n) is 3.44. The third-order valence-electron chi connectivity index (χ3n) is 4.79. The molecule has 0 spiro atoms. The molecule has 1 aliphatic heterocycles. The van der Waals surface area contributed by atoms with Crippen molar-refractivity contribution in [1.29, 1.82) is 0 Å². The Morgan fingerprint density at radius 3 is 2.56 bits per heavy atom. The van der Waals surface area contributed by atoms with E-state index in [4.69, 9.17) is 0 Å². The van der Waals surface area contributed by atoms with Crippen molar-refractivity contribution in [2.45, 2.75) is 25.7 Å². The summed E-state index contributed by atoms with van der Waals surface area (Å²) in [6.45, 7) is 4.38. The van der Waals surface area contributed by atoms with Gasteiger partial charge in [0.25, 0.3) is 0 Å².